The molecule has 4 aliphatic rings. The molecule has 34 heavy (non-hydrogen) atoms. The van der Waals surface area contributed by atoms with Gasteiger partial charge in [0.25, 0.3) is 11.5 Å². The molecular weight excluding hydrogens is 428 g/mol. The van der Waals surface area contributed by atoms with Crippen molar-refractivity contribution >= 4 is 5.91 Å². The van der Waals surface area contributed by atoms with Gasteiger partial charge in [-0.3, -0.25) is 9.59 Å². The lowest BCUT2D eigenvalue weighted by molar-refractivity contribution is -0.149. The van der Waals surface area contributed by atoms with Gasteiger partial charge >= 0.3 is 0 Å². The van der Waals surface area contributed by atoms with Crippen molar-refractivity contribution in [1.29, 1.82) is 0 Å². The Bertz CT molecular complexity index is 1150. The number of nitrogens with zero attached hydrogens (tertiary/aromatic N) is 2. The molecule has 2 unspecified atom stereocenters. The average molecular weight is 461 g/mol. The summed E-state index contributed by atoms with van der Waals surface area (Å²) in [4.78, 5) is 27.6. The minimum atomic E-state index is -0.140. The first-order valence-electron chi connectivity index (χ1n) is 12.4. The van der Waals surface area contributed by atoms with E-state index in [9.17, 15) is 9.59 Å². The van der Waals surface area contributed by atoms with E-state index in [2.05, 4.69) is 11.8 Å². The molecule has 2 aromatic rings. The van der Waals surface area contributed by atoms with Crippen LogP contribution in [0.15, 0.2) is 41.2 Å². The van der Waals surface area contributed by atoms with Crippen LogP contribution in [0.3, 0.4) is 0 Å². The van der Waals surface area contributed by atoms with Gasteiger partial charge < -0.3 is 18.9 Å². The molecule has 6 rings (SSSR count). The van der Waals surface area contributed by atoms with Crippen LogP contribution in [0.4, 0.5) is 0 Å². The number of ether oxygens (including phenoxy) is 2. The Kier molecular flexibility index (Phi) is 6.73. The second kappa shape index (κ2) is 10.1. The first kappa shape index (κ1) is 22.7. The van der Waals surface area contributed by atoms with Crippen LogP contribution in [-0.2, 0) is 16.1 Å². The molecule has 3 saturated heterocycles. The van der Waals surface area contributed by atoms with Gasteiger partial charge in [-0.15, -0.1) is 0 Å². The van der Waals surface area contributed by atoms with Crippen molar-refractivity contribution in [1.82, 2.24) is 9.47 Å². The molecule has 6 heteroatoms. The number of pyridine rings is 1. The summed E-state index contributed by atoms with van der Waals surface area (Å²) in [6, 6.07) is 11.5. The van der Waals surface area contributed by atoms with Crippen molar-refractivity contribution < 1.29 is 14.3 Å². The number of morpholine rings is 1. The van der Waals surface area contributed by atoms with E-state index in [1.165, 1.54) is 18.9 Å². The zero-order valence-corrected chi connectivity index (χ0v) is 19.8. The molecule has 1 aliphatic carbocycles. The number of rotatable bonds is 5. The normalized spacial score (nSPS) is 21.9. The van der Waals surface area contributed by atoms with Gasteiger partial charge in [-0.2, -0.15) is 0 Å². The predicted molar refractivity (Wildman–Crippen MR) is 130 cm³/mol. The van der Waals surface area contributed by atoms with Crippen LogP contribution in [0, 0.1) is 24.7 Å². The summed E-state index contributed by atoms with van der Waals surface area (Å²) < 4.78 is 13.4. The van der Waals surface area contributed by atoms with Gasteiger partial charge in [0, 0.05) is 29.8 Å². The number of amides is 1. The number of aryl methyl sites for hydroxylation is 1. The Balaban J connectivity index is 1.20. The zero-order chi connectivity index (χ0) is 23.5. The van der Waals surface area contributed by atoms with Crippen LogP contribution in [0.1, 0.15) is 55.3 Å². The molecule has 1 saturated carbocycles. The molecule has 1 aromatic carbocycles. The molecular formula is C28H32N2O4. The zero-order valence-electron chi connectivity index (χ0n) is 19.8. The smallest absolute Gasteiger partial charge is 0.260 e. The third-order valence-corrected chi connectivity index (χ3v) is 6.96. The molecule has 2 atom stereocenters. The Morgan fingerprint density at radius 1 is 1.12 bits per heavy atom. The molecule has 6 nitrogen and oxygen atoms in total. The SMILES string of the molecule is Cc1cc(OCC(=O)N2CC3CCCCC2CO3)cc(=O)n1Cc1ccc(C#CC2CC2)cc1. The largest absolute Gasteiger partial charge is 0.484 e. The molecule has 2 bridgehead atoms. The standard InChI is InChI=1S/C28H32N2O4/c1-20-14-26(34-19-28(32)30-17-25-5-3-2-4-24(30)18-33-25)15-27(31)29(20)16-23-12-10-22(11-13-23)9-8-21-6-7-21/h10-15,21,24-25H,2-7,16-19H2,1H3. The van der Waals surface area contributed by atoms with Crippen molar-refractivity contribution in [2.24, 2.45) is 5.92 Å². The van der Waals surface area contributed by atoms with Gasteiger partial charge in [0.15, 0.2) is 6.61 Å². The van der Waals surface area contributed by atoms with Crippen LogP contribution in [0.25, 0.3) is 0 Å². The lowest BCUT2D eigenvalue weighted by Gasteiger charge is -2.41. The number of aromatic nitrogens is 1. The lowest BCUT2D eigenvalue weighted by atomic mass is 9.98. The van der Waals surface area contributed by atoms with E-state index < -0.39 is 0 Å². The second-order valence-corrected chi connectivity index (χ2v) is 9.73. The fourth-order valence-electron chi connectivity index (χ4n) is 4.73. The van der Waals surface area contributed by atoms with E-state index >= 15 is 0 Å². The van der Waals surface area contributed by atoms with Crippen LogP contribution >= 0.6 is 0 Å². The minimum absolute atomic E-state index is 0.0353. The van der Waals surface area contributed by atoms with Crippen molar-refractivity contribution in [2.45, 2.75) is 64.1 Å². The highest BCUT2D eigenvalue weighted by atomic mass is 16.5. The third-order valence-electron chi connectivity index (χ3n) is 6.96. The molecule has 4 fully saturated rings. The van der Waals surface area contributed by atoms with Crippen LogP contribution < -0.4 is 10.3 Å². The number of carbonyl (C=O) groups excluding carboxylic acids is 1. The number of hydrogen-bond acceptors (Lipinski definition) is 4. The maximum Gasteiger partial charge on any atom is 0.260 e. The predicted octanol–water partition coefficient (Wildman–Crippen LogP) is 3.52. The Hall–Kier alpha value is -3.04. The van der Waals surface area contributed by atoms with Crippen molar-refractivity contribution in [2.75, 3.05) is 19.8 Å². The molecule has 4 heterocycles. The van der Waals surface area contributed by atoms with Gasteiger partial charge in [0.2, 0.25) is 0 Å². The van der Waals surface area contributed by atoms with E-state index in [4.69, 9.17) is 9.47 Å². The van der Waals surface area contributed by atoms with Crippen LogP contribution in [0.5, 0.6) is 5.75 Å². The molecule has 178 valence electrons. The Labute approximate surface area is 200 Å². The van der Waals surface area contributed by atoms with Gasteiger partial charge in [-0.05, 0) is 56.4 Å². The Morgan fingerprint density at radius 2 is 1.91 bits per heavy atom. The van der Waals surface area contributed by atoms with Crippen LogP contribution in [-0.4, -0.2) is 47.3 Å². The van der Waals surface area contributed by atoms with Crippen molar-refractivity contribution in [3.63, 3.8) is 0 Å². The third kappa shape index (κ3) is 5.53. The molecule has 1 amide bonds. The summed E-state index contributed by atoms with van der Waals surface area (Å²) >= 11 is 0. The average Bonchev–Trinajstić information content (AvgIpc) is 3.64. The summed E-state index contributed by atoms with van der Waals surface area (Å²) in [5.41, 5.74) is 2.71. The Morgan fingerprint density at radius 3 is 2.68 bits per heavy atom. The summed E-state index contributed by atoms with van der Waals surface area (Å²) in [6.45, 7) is 3.56. The van der Waals surface area contributed by atoms with E-state index in [1.807, 2.05) is 42.2 Å². The van der Waals surface area contributed by atoms with Crippen LogP contribution in [0.2, 0.25) is 0 Å². The maximum absolute atomic E-state index is 12.9. The molecule has 0 N–H and O–H groups in total. The number of carbonyl (C=O) groups is 1. The summed E-state index contributed by atoms with van der Waals surface area (Å²) in [5, 5.41) is 0. The van der Waals surface area contributed by atoms with Gasteiger partial charge in [0.1, 0.15) is 5.75 Å². The van der Waals surface area contributed by atoms with Gasteiger partial charge in [-0.25, -0.2) is 0 Å². The summed E-state index contributed by atoms with van der Waals surface area (Å²) in [7, 11) is 0. The fraction of sp³-hybridized carbons (Fsp3) is 0.500. The maximum atomic E-state index is 12.9. The van der Waals surface area contributed by atoms with Crippen molar-refractivity contribution in [3.8, 4) is 17.6 Å². The highest BCUT2D eigenvalue weighted by molar-refractivity contribution is 5.78. The van der Waals surface area contributed by atoms with Gasteiger partial charge in [0.05, 0.1) is 25.3 Å². The van der Waals surface area contributed by atoms with E-state index in [0.29, 0.717) is 31.4 Å². The first-order valence-corrected chi connectivity index (χ1v) is 12.4. The minimum Gasteiger partial charge on any atom is -0.484 e. The molecule has 1 aromatic heterocycles. The summed E-state index contributed by atoms with van der Waals surface area (Å²) in [5.74, 6) is 7.47. The highest BCUT2D eigenvalue weighted by Gasteiger charge is 2.33. The number of fused-ring (bicyclic) bond motifs is 5. The molecule has 0 spiro atoms. The van der Waals surface area contributed by atoms with E-state index in [0.717, 1.165) is 42.5 Å². The summed E-state index contributed by atoms with van der Waals surface area (Å²) in [6.07, 6.45) is 6.83. The molecule has 0 radical (unpaired) electrons. The molecule has 3 aliphatic heterocycles. The quantitative estimate of drug-likeness (QED) is 0.641. The van der Waals surface area contributed by atoms with E-state index in [1.54, 1.807) is 4.57 Å². The number of benzene rings is 1. The van der Waals surface area contributed by atoms with E-state index in [-0.39, 0.29) is 30.2 Å². The topological polar surface area (TPSA) is 60.8 Å². The van der Waals surface area contributed by atoms with Gasteiger partial charge in [-0.1, -0.05) is 36.8 Å². The number of hydrogen-bond donors (Lipinski definition) is 0. The first-order chi connectivity index (χ1) is 16.5. The highest BCUT2D eigenvalue weighted by Crippen LogP contribution is 2.27. The lowest BCUT2D eigenvalue weighted by Crippen LogP contribution is -2.54. The fourth-order valence-corrected chi connectivity index (χ4v) is 4.73. The monoisotopic (exact) mass is 460 g/mol. The van der Waals surface area contributed by atoms with Crippen molar-refractivity contribution in [3.05, 3.63) is 63.6 Å². The second-order valence-electron chi connectivity index (χ2n) is 9.73.